The molecular formula is C27H33N3O3S. The second kappa shape index (κ2) is 11.4. The summed E-state index contributed by atoms with van der Waals surface area (Å²) in [7, 11) is 1.91. The van der Waals surface area contributed by atoms with Gasteiger partial charge in [-0.2, -0.15) is 0 Å². The fraction of sp³-hybridized carbons (Fsp3) is 0.407. The average Bonchev–Trinajstić information content (AvgIpc) is 3.50. The first-order valence-corrected chi connectivity index (χ1v) is 12.9. The molecule has 7 heteroatoms. The normalized spacial score (nSPS) is 15.0. The van der Waals surface area contributed by atoms with Gasteiger partial charge in [-0.25, -0.2) is 0 Å². The number of hydrogen-bond donors (Lipinski definition) is 1. The van der Waals surface area contributed by atoms with Gasteiger partial charge >= 0.3 is 0 Å². The van der Waals surface area contributed by atoms with Crippen LogP contribution in [0.1, 0.15) is 55.6 Å². The van der Waals surface area contributed by atoms with Crippen molar-refractivity contribution in [1.82, 2.24) is 9.88 Å². The Morgan fingerprint density at radius 3 is 2.65 bits per heavy atom. The fourth-order valence-electron chi connectivity index (χ4n) is 4.64. The molecule has 34 heavy (non-hydrogen) atoms. The number of rotatable bonds is 9. The molecule has 0 unspecified atom stereocenters. The van der Waals surface area contributed by atoms with Crippen LogP contribution in [0.4, 0.5) is 5.69 Å². The number of thiophene rings is 1. The van der Waals surface area contributed by atoms with Crippen LogP contribution in [0.2, 0.25) is 0 Å². The quantitative estimate of drug-likeness (QED) is 0.456. The standard InChI is InChI=1S/C27H33N3O3S/c1-3-33-22-13-7-12-21(18-22)30(25(31)19-23-14-9-17-34-23)26(24-15-8-16-29(24)2)27(32)28-20-10-5-4-6-11-20/h7-9,12-18,20,26H,3-6,10-11,19H2,1-2H3,(H,28,32)/t26-/m0/s1. The molecule has 1 atom stereocenters. The predicted molar refractivity (Wildman–Crippen MR) is 136 cm³/mol. The summed E-state index contributed by atoms with van der Waals surface area (Å²) in [6, 6.07) is 14.5. The van der Waals surface area contributed by atoms with E-state index in [1.165, 1.54) is 6.42 Å². The number of aryl methyl sites for hydroxylation is 1. The Morgan fingerprint density at radius 1 is 1.15 bits per heavy atom. The molecule has 180 valence electrons. The largest absolute Gasteiger partial charge is 0.494 e. The van der Waals surface area contributed by atoms with Crippen molar-refractivity contribution in [3.8, 4) is 5.75 Å². The second-order valence-corrected chi connectivity index (χ2v) is 9.77. The van der Waals surface area contributed by atoms with Crippen LogP contribution >= 0.6 is 11.3 Å². The van der Waals surface area contributed by atoms with Gasteiger partial charge in [0.1, 0.15) is 5.75 Å². The first-order valence-electron chi connectivity index (χ1n) is 12.1. The number of carbonyl (C=O) groups is 2. The van der Waals surface area contributed by atoms with Crippen LogP contribution in [0, 0.1) is 0 Å². The number of hydrogen-bond acceptors (Lipinski definition) is 4. The van der Waals surface area contributed by atoms with Crippen molar-refractivity contribution in [3.63, 3.8) is 0 Å². The van der Waals surface area contributed by atoms with Gasteiger partial charge in [0.15, 0.2) is 6.04 Å². The van der Waals surface area contributed by atoms with Crippen molar-refractivity contribution in [2.75, 3.05) is 11.5 Å². The molecule has 0 aliphatic heterocycles. The van der Waals surface area contributed by atoms with E-state index in [0.717, 1.165) is 36.3 Å². The highest BCUT2D eigenvalue weighted by Crippen LogP contribution is 2.32. The van der Waals surface area contributed by atoms with Gasteiger partial charge < -0.3 is 14.6 Å². The molecule has 0 bridgehead atoms. The predicted octanol–water partition coefficient (Wildman–Crippen LogP) is 5.25. The van der Waals surface area contributed by atoms with Crippen molar-refractivity contribution < 1.29 is 14.3 Å². The van der Waals surface area contributed by atoms with E-state index in [9.17, 15) is 9.59 Å². The molecule has 1 aliphatic carbocycles. The third kappa shape index (κ3) is 5.70. The van der Waals surface area contributed by atoms with Gasteiger partial charge in [-0.3, -0.25) is 14.5 Å². The highest BCUT2D eigenvalue weighted by atomic mass is 32.1. The van der Waals surface area contributed by atoms with Crippen molar-refractivity contribution in [3.05, 3.63) is 70.7 Å². The van der Waals surface area contributed by atoms with Crippen LogP contribution in [-0.2, 0) is 23.1 Å². The Morgan fingerprint density at radius 2 is 1.97 bits per heavy atom. The lowest BCUT2D eigenvalue weighted by Crippen LogP contribution is -2.48. The minimum atomic E-state index is -0.786. The molecule has 1 fully saturated rings. The monoisotopic (exact) mass is 479 g/mol. The highest BCUT2D eigenvalue weighted by Gasteiger charge is 2.35. The Bertz CT molecular complexity index is 1090. The van der Waals surface area contributed by atoms with E-state index in [2.05, 4.69) is 5.32 Å². The Balaban J connectivity index is 1.74. The van der Waals surface area contributed by atoms with Crippen LogP contribution in [-0.4, -0.2) is 29.0 Å². The lowest BCUT2D eigenvalue weighted by Gasteiger charge is -2.33. The van der Waals surface area contributed by atoms with Gasteiger partial charge in [0, 0.05) is 35.9 Å². The molecule has 1 aliphatic rings. The number of benzene rings is 1. The number of aromatic nitrogens is 1. The van der Waals surface area contributed by atoms with Crippen molar-refractivity contribution in [2.45, 2.75) is 57.5 Å². The molecule has 1 aromatic carbocycles. The number of anilines is 1. The summed E-state index contributed by atoms with van der Waals surface area (Å²) in [5.74, 6) is 0.406. The lowest BCUT2D eigenvalue weighted by atomic mass is 9.95. The third-order valence-corrected chi connectivity index (χ3v) is 7.18. The van der Waals surface area contributed by atoms with Crippen molar-refractivity contribution >= 4 is 28.8 Å². The van der Waals surface area contributed by atoms with Gasteiger partial charge in [-0.15, -0.1) is 11.3 Å². The van der Waals surface area contributed by atoms with Crippen LogP contribution < -0.4 is 15.0 Å². The topological polar surface area (TPSA) is 63.6 Å². The van der Waals surface area contributed by atoms with Crippen LogP contribution in [0.15, 0.2) is 60.1 Å². The number of nitrogens with one attached hydrogen (secondary N) is 1. The van der Waals surface area contributed by atoms with E-state index in [-0.39, 0.29) is 24.3 Å². The van der Waals surface area contributed by atoms with E-state index in [1.54, 1.807) is 16.2 Å². The molecule has 1 saturated carbocycles. The molecule has 4 rings (SSSR count). The van der Waals surface area contributed by atoms with Gasteiger partial charge in [0.25, 0.3) is 0 Å². The maximum atomic E-state index is 13.8. The zero-order valence-electron chi connectivity index (χ0n) is 19.9. The molecule has 2 heterocycles. The molecule has 3 aromatic rings. The van der Waals surface area contributed by atoms with Gasteiger partial charge in [0.05, 0.1) is 18.7 Å². The van der Waals surface area contributed by atoms with E-state index >= 15 is 0 Å². The van der Waals surface area contributed by atoms with Gasteiger partial charge in [-0.05, 0) is 55.5 Å². The van der Waals surface area contributed by atoms with E-state index in [1.807, 2.05) is 78.6 Å². The zero-order chi connectivity index (χ0) is 23.9. The van der Waals surface area contributed by atoms with Gasteiger partial charge in [0.2, 0.25) is 11.8 Å². The fourth-order valence-corrected chi connectivity index (χ4v) is 5.34. The number of nitrogens with zero attached hydrogens (tertiary/aromatic N) is 2. The Hall–Kier alpha value is -3.06. The highest BCUT2D eigenvalue weighted by molar-refractivity contribution is 7.10. The number of amides is 2. The first-order chi connectivity index (χ1) is 16.6. The second-order valence-electron chi connectivity index (χ2n) is 8.74. The average molecular weight is 480 g/mol. The van der Waals surface area contributed by atoms with Gasteiger partial charge in [-0.1, -0.05) is 31.4 Å². The van der Waals surface area contributed by atoms with Crippen LogP contribution in [0.5, 0.6) is 5.75 Å². The molecule has 0 spiro atoms. The van der Waals surface area contributed by atoms with Crippen molar-refractivity contribution in [1.29, 1.82) is 0 Å². The molecule has 0 saturated heterocycles. The van der Waals surface area contributed by atoms with E-state index in [0.29, 0.717) is 18.0 Å². The Labute approximate surface area is 205 Å². The maximum Gasteiger partial charge on any atom is 0.249 e. The summed E-state index contributed by atoms with van der Waals surface area (Å²) in [6.45, 7) is 2.45. The van der Waals surface area contributed by atoms with E-state index < -0.39 is 6.04 Å². The summed E-state index contributed by atoms with van der Waals surface area (Å²) in [4.78, 5) is 30.3. The molecule has 0 radical (unpaired) electrons. The summed E-state index contributed by atoms with van der Waals surface area (Å²) >= 11 is 1.55. The first kappa shape index (κ1) is 24.1. The zero-order valence-corrected chi connectivity index (χ0v) is 20.7. The van der Waals surface area contributed by atoms with Crippen LogP contribution in [0.3, 0.4) is 0 Å². The lowest BCUT2D eigenvalue weighted by molar-refractivity contribution is -0.127. The summed E-state index contributed by atoms with van der Waals surface area (Å²) < 4.78 is 7.64. The summed E-state index contributed by atoms with van der Waals surface area (Å²) in [6.07, 6.45) is 7.56. The molecule has 2 amide bonds. The minimum Gasteiger partial charge on any atom is -0.494 e. The molecule has 6 nitrogen and oxygen atoms in total. The molecule has 1 N–H and O–H groups in total. The smallest absolute Gasteiger partial charge is 0.249 e. The van der Waals surface area contributed by atoms with Crippen LogP contribution in [0.25, 0.3) is 0 Å². The maximum absolute atomic E-state index is 13.8. The molecule has 2 aromatic heterocycles. The summed E-state index contributed by atoms with van der Waals surface area (Å²) in [5.41, 5.74) is 1.42. The number of carbonyl (C=O) groups excluding carboxylic acids is 2. The SMILES string of the molecule is CCOc1cccc(N(C(=O)Cc2cccs2)[C@H](C(=O)NC2CCCCC2)c2cccn2C)c1. The number of ether oxygens (including phenoxy) is 1. The van der Waals surface area contributed by atoms with E-state index in [4.69, 9.17) is 4.74 Å². The Kier molecular flexibility index (Phi) is 8.06. The summed E-state index contributed by atoms with van der Waals surface area (Å²) in [5, 5.41) is 5.23. The van der Waals surface area contributed by atoms with Crippen molar-refractivity contribution in [2.24, 2.45) is 7.05 Å². The third-order valence-electron chi connectivity index (χ3n) is 6.30. The minimum absolute atomic E-state index is 0.124. The molecular weight excluding hydrogens is 446 g/mol.